The Morgan fingerprint density at radius 2 is 2.05 bits per heavy atom. The number of rotatable bonds is 6. The Morgan fingerprint density at radius 3 is 2.82 bits per heavy atom. The van der Waals surface area contributed by atoms with Crippen LogP contribution >= 0.6 is 0 Å². The second-order valence-corrected chi connectivity index (χ2v) is 6.33. The first-order chi connectivity index (χ1) is 10.7. The van der Waals surface area contributed by atoms with Crippen molar-refractivity contribution in [2.24, 2.45) is 0 Å². The monoisotopic (exact) mass is 299 g/mol. The molecule has 0 aliphatic heterocycles. The Balaban J connectivity index is 1.78. The van der Waals surface area contributed by atoms with Crippen LogP contribution in [0.25, 0.3) is 10.8 Å². The fourth-order valence-electron chi connectivity index (χ4n) is 2.98. The summed E-state index contributed by atoms with van der Waals surface area (Å²) in [4.78, 5) is 6.52. The van der Waals surface area contributed by atoms with Gasteiger partial charge in [0, 0.05) is 29.9 Å². The highest BCUT2D eigenvalue weighted by Crippen LogP contribution is 2.28. The van der Waals surface area contributed by atoms with Crippen molar-refractivity contribution in [3.63, 3.8) is 0 Å². The van der Waals surface area contributed by atoms with Crippen LogP contribution in [-0.4, -0.2) is 43.2 Å². The summed E-state index contributed by atoms with van der Waals surface area (Å²) < 4.78 is 5.87. The summed E-state index contributed by atoms with van der Waals surface area (Å²) in [6, 6.07) is 9.13. The van der Waals surface area contributed by atoms with E-state index in [9.17, 15) is 0 Å². The summed E-state index contributed by atoms with van der Waals surface area (Å²) >= 11 is 0. The Bertz CT molecular complexity index is 621. The van der Waals surface area contributed by atoms with E-state index < -0.39 is 0 Å². The predicted octanol–water partition coefficient (Wildman–Crippen LogP) is 3.53. The lowest BCUT2D eigenvalue weighted by Gasteiger charge is -2.15. The second kappa shape index (κ2) is 6.97. The van der Waals surface area contributed by atoms with Gasteiger partial charge in [0.15, 0.2) is 0 Å². The van der Waals surface area contributed by atoms with Crippen LogP contribution in [0.3, 0.4) is 0 Å². The minimum Gasteiger partial charge on any atom is -0.476 e. The molecule has 1 N–H and O–H groups in total. The number of pyridine rings is 1. The van der Waals surface area contributed by atoms with Crippen molar-refractivity contribution >= 4 is 16.5 Å². The first-order valence-corrected chi connectivity index (χ1v) is 8.15. The number of fused-ring (bicyclic) bond motifs is 1. The summed E-state index contributed by atoms with van der Waals surface area (Å²) in [5.74, 6) is 0.731. The minimum atomic E-state index is 0.618. The highest BCUT2D eigenvalue weighted by atomic mass is 16.5. The van der Waals surface area contributed by atoms with Crippen molar-refractivity contribution in [3.8, 4) is 5.88 Å². The van der Waals surface area contributed by atoms with Crippen molar-refractivity contribution < 1.29 is 4.74 Å². The molecule has 4 heteroatoms. The third-order valence-corrected chi connectivity index (χ3v) is 4.23. The molecule has 1 saturated carbocycles. The van der Waals surface area contributed by atoms with E-state index in [-0.39, 0.29) is 0 Å². The van der Waals surface area contributed by atoms with Gasteiger partial charge in [0.2, 0.25) is 5.88 Å². The number of anilines is 1. The van der Waals surface area contributed by atoms with Gasteiger partial charge >= 0.3 is 0 Å². The van der Waals surface area contributed by atoms with Gasteiger partial charge in [-0.05, 0) is 50.5 Å². The molecule has 0 amide bonds. The summed E-state index contributed by atoms with van der Waals surface area (Å²) in [5.41, 5.74) is 1.17. The normalized spacial score (nSPS) is 15.6. The first kappa shape index (κ1) is 15.1. The van der Waals surface area contributed by atoms with Crippen molar-refractivity contribution in [2.75, 3.05) is 32.6 Å². The lowest BCUT2D eigenvalue weighted by molar-refractivity contribution is 0.256. The molecule has 0 atom stereocenters. The molecule has 0 radical (unpaired) electrons. The van der Waals surface area contributed by atoms with Crippen LogP contribution in [0.2, 0.25) is 0 Å². The van der Waals surface area contributed by atoms with Crippen LogP contribution in [0, 0.1) is 0 Å². The molecule has 3 rings (SSSR count). The molecule has 1 fully saturated rings. The molecule has 2 aromatic rings. The molecular formula is C18H25N3O. The van der Waals surface area contributed by atoms with Crippen molar-refractivity contribution in [1.29, 1.82) is 0 Å². The van der Waals surface area contributed by atoms with Gasteiger partial charge in [0.05, 0.1) is 0 Å². The lowest BCUT2D eigenvalue weighted by Crippen LogP contribution is -2.19. The molecule has 0 bridgehead atoms. The summed E-state index contributed by atoms with van der Waals surface area (Å²) in [6.07, 6.45) is 7.04. The lowest BCUT2D eigenvalue weighted by atomic mass is 10.1. The Morgan fingerprint density at radius 1 is 1.23 bits per heavy atom. The van der Waals surface area contributed by atoms with Gasteiger partial charge < -0.3 is 15.0 Å². The van der Waals surface area contributed by atoms with E-state index >= 15 is 0 Å². The fourth-order valence-corrected chi connectivity index (χ4v) is 2.98. The van der Waals surface area contributed by atoms with E-state index in [1.165, 1.54) is 36.8 Å². The Labute approximate surface area is 132 Å². The largest absolute Gasteiger partial charge is 0.476 e. The zero-order valence-corrected chi connectivity index (χ0v) is 13.5. The minimum absolute atomic E-state index is 0.618. The predicted molar refractivity (Wildman–Crippen MR) is 91.7 cm³/mol. The molecule has 22 heavy (non-hydrogen) atoms. The van der Waals surface area contributed by atoms with Gasteiger partial charge in [-0.3, -0.25) is 0 Å². The van der Waals surface area contributed by atoms with Crippen LogP contribution < -0.4 is 10.1 Å². The number of hydrogen-bond donors (Lipinski definition) is 1. The highest BCUT2D eigenvalue weighted by molar-refractivity contribution is 5.89. The average molecular weight is 299 g/mol. The molecule has 1 heterocycles. The number of benzene rings is 1. The highest BCUT2D eigenvalue weighted by Gasteiger charge is 2.15. The van der Waals surface area contributed by atoms with Crippen LogP contribution in [0.4, 0.5) is 5.69 Å². The first-order valence-electron chi connectivity index (χ1n) is 8.15. The maximum atomic E-state index is 5.87. The standard InChI is InChI=1S/C18H25N3O/c1-21(2)11-12-22-18-17-13-16(20-15-5-3-4-6-15)8-7-14(17)9-10-19-18/h7-10,13,15,20H,3-6,11-12H2,1-2H3. The van der Waals surface area contributed by atoms with Crippen LogP contribution in [0.5, 0.6) is 5.88 Å². The molecule has 1 aromatic heterocycles. The number of likely N-dealkylation sites (N-methyl/N-ethyl adjacent to an activating group) is 1. The topological polar surface area (TPSA) is 37.4 Å². The third-order valence-electron chi connectivity index (χ3n) is 4.23. The zero-order valence-electron chi connectivity index (χ0n) is 13.5. The quantitative estimate of drug-likeness (QED) is 0.885. The third kappa shape index (κ3) is 3.69. The van der Waals surface area contributed by atoms with Crippen LogP contribution in [0.15, 0.2) is 30.5 Å². The average Bonchev–Trinajstić information content (AvgIpc) is 3.00. The van der Waals surface area contributed by atoms with Gasteiger partial charge in [0.25, 0.3) is 0 Å². The van der Waals surface area contributed by atoms with E-state index in [1.807, 2.05) is 26.4 Å². The van der Waals surface area contributed by atoms with Gasteiger partial charge in [-0.2, -0.15) is 0 Å². The molecule has 1 aromatic carbocycles. The van der Waals surface area contributed by atoms with E-state index in [2.05, 4.69) is 33.4 Å². The Kier molecular flexibility index (Phi) is 4.78. The van der Waals surface area contributed by atoms with Gasteiger partial charge in [-0.15, -0.1) is 0 Å². The van der Waals surface area contributed by atoms with E-state index in [4.69, 9.17) is 4.74 Å². The fraction of sp³-hybridized carbons (Fsp3) is 0.500. The molecular weight excluding hydrogens is 274 g/mol. The van der Waals surface area contributed by atoms with E-state index in [1.54, 1.807) is 0 Å². The number of ether oxygens (including phenoxy) is 1. The smallest absolute Gasteiger partial charge is 0.221 e. The van der Waals surface area contributed by atoms with Gasteiger partial charge in [-0.1, -0.05) is 18.9 Å². The number of aromatic nitrogens is 1. The molecule has 1 aliphatic rings. The van der Waals surface area contributed by atoms with Gasteiger partial charge in [0.1, 0.15) is 6.61 Å². The van der Waals surface area contributed by atoms with E-state index in [0.29, 0.717) is 12.6 Å². The molecule has 4 nitrogen and oxygen atoms in total. The molecule has 0 saturated heterocycles. The SMILES string of the molecule is CN(C)CCOc1nccc2ccc(NC3CCCC3)cc12. The Hall–Kier alpha value is -1.81. The van der Waals surface area contributed by atoms with Gasteiger partial charge in [-0.25, -0.2) is 4.98 Å². The molecule has 1 aliphatic carbocycles. The van der Waals surface area contributed by atoms with Crippen molar-refractivity contribution in [2.45, 2.75) is 31.7 Å². The maximum Gasteiger partial charge on any atom is 0.221 e. The summed E-state index contributed by atoms with van der Waals surface area (Å²) in [7, 11) is 4.09. The summed E-state index contributed by atoms with van der Waals surface area (Å²) in [6.45, 7) is 1.54. The second-order valence-electron chi connectivity index (χ2n) is 6.33. The number of nitrogens with zero attached hydrogens (tertiary/aromatic N) is 2. The summed E-state index contributed by atoms with van der Waals surface area (Å²) in [5, 5.41) is 5.90. The van der Waals surface area contributed by atoms with Crippen molar-refractivity contribution in [1.82, 2.24) is 9.88 Å². The number of nitrogens with one attached hydrogen (secondary N) is 1. The van der Waals surface area contributed by atoms with Crippen molar-refractivity contribution in [3.05, 3.63) is 30.5 Å². The van der Waals surface area contributed by atoms with Crippen LogP contribution in [-0.2, 0) is 0 Å². The molecule has 118 valence electrons. The van der Waals surface area contributed by atoms with Crippen LogP contribution in [0.1, 0.15) is 25.7 Å². The van der Waals surface area contributed by atoms with E-state index in [0.717, 1.165) is 17.8 Å². The molecule has 0 unspecified atom stereocenters. The maximum absolute atomic E-state index is 5.87. The number of hydrogen-bond acceptors (Lipinski definition) is 4. The molecule has 0 spiro atoms. The zero-order chi connectivity index (χ0) is 15.4.